The van der Waals surface area contributed by atoms with Crippen molar-refractivity contribution < 1.29 is 14.1 Å². The van der Waals surface area contributed by atoms with Gasteiger partial charge in [0.2, 0.25) is 5.82 Å². The average molecular weight is 750 g/mol. The van der Waals surface area contributed by atoms with Gasteiger partial charge < -0.3 is 4.74 Å². The minimum Gasteiger partial charge on any atom is -0.462 e. The number of quaternary nitrogens is 1. The third-order valence-electron chi connectivity index (χ3n) is 10.7. The van der Waals surface area contributed by atoms with Gasteiger partial charge in [-0.25, -0.2) is 4.79 Å². The predicted molar refractivity (Wildman–Crippen MR) is 226 cm³/mol. The molecule has 57 heavy (non-hydrogen) atoms. The number of benzene rings is 6. The summed E-state index contributed by atoms with van der Waals surface area (Å²) >= 11 is 0. The molecule has 1 aliphatic rings. The molecule has 0 N–H and O–H groups in total. The van der Waals surface area contributed by atoms with E-state index < -0.39 is 5.54 Å². The second-order valence-electron chi connectivity index (χ2n) is 14.3. The number of esters is 1. The summed E-state index contributed by atoms with van der Waals surface area (Å²) in [5.41, 5.74) is 8.76. The normalized spacial score (nSPS) is 15.4. The fourth-order valence-electron chi connectivity index (χ4n) is 8.00. The van der Waals surface area contributed by atoms with E-state index in [4.69, 9.17) is 25.2 Å². The van der Waals surface area contributed by atoms with Gasteiger partial charge in [-0.2, -0.15) is 4.59 Å². The zero-order valence-corrected chi connectivity index (χ0v) is 32.5. The van der Waals surface area contributed by atoms with Gasteiger partial charge in [0.25, 0.3) is 0 Å². The van der Waals surface area contributed by atoms with Crippen LogP contribution in [0.3, 0.4) is 0 Å². The summed E-state index contributed by atoms with van der Waals surface area (Å²) < 4.78 is 5.94. The maximum absolute atomic E-state index is 13.8. The first kappa shape index (κ1) is 37.2. The molecule has 0 bridgehead atoms. The van der Waals surface area contributed by atoms with Crippen LogP contribution in [0.15, 0.2) is 181 Å². The van der Waals surface area contributed by atoms with Crippen LogP contribution in [0.25, 0.3) is 28.2 Å². The molecule has 1 atom stereocenters. The molecule has 6 aromatic carbocycles. The molecule has 0 aliphatic carbocycles. The largest absolute Gasteiger partial charge is 0.462 e. The lowest BCUT2D eigenvalue weighted by molar-refractivity contribution is -0.844. The average Bonchev–Trinajstić information content (AvgIpc) is 3.88. The molecule has 0 amide bonds. The highest BCUT2D eigenvalue weighted by Crippen LogP contribution is 2.42. The van der Waals surface area contributed by atoms with E-state index in [1.54, 1.807) is 4.80 Å². The number of hydrogen-bond acceptors (Lipinski definition) is 6. The quantitative estimate of drug-likeness (QED) is 0.0666. The zero-order valence-electron chi connectivity index (χ0n) is 32.5. The highest BCUT2D eigenvalue weighted by atomic mass is 16.5. The minimum atomic E-state index is -0.888. The molecule has 1 unspecified atom stereocenters. The Bertz CT molecular complexity index is 2440. The summed E-state index contributed by atoms with van der Waals surface area (Å²) in [6.07, 6.45) is 1.95. The van der Waals surface area contributed by atoms with Gasteiger partial charge >= 0.3 is 5.97 Å². The van der Waals surface area contributed by atoms with E-state index in [9.17, 15) is 4.79 Å². The lowest BCUT2D eigenvalue weighted by Gasteiger charge is -2.34. The number of nitrogens with zero attached hydrogens (tertiary/aromatic N) is 6. The Morgan fingerprint density at radius 1 is 0.632 bits per heavy atom. The number of carbonyl (C=O) groups excluding carboxylic acids is 1. The molecular weight excluding hydrogens is 705 g/mol. The van der Waals surface area contributed by atoms with E-state index in [0.29, 0.717) is 17.1 Å². The summed E-state index contributed by atoms with van der Waals surface area (Å²) in [5.74, 6) is 0.143. The molecule has 8 rings (SSSR count). The summed E-state index contributed by atoms with van der Waals surface area (Å²) in [6, 6.07) is 57.5. The van der Waals surface area contributed by atoms with Crippen molar-refractivity contribution in [1.29, 1.82) is 0 Å². The smallest absolute Gasteiger partial charge is 0.346 e. The van der Waals surface area contributed by atoms with Crippen molar-refractivity contribution in [2.45, 2.75) is 32.2 Å². The topological polar surface area (TPSA) is 82.3 Å². The van der Waals surface area contributed by atoms with Gasteiger partial charge in [-0.1, -0.05) is 176 Å². The van der Waals surface area contributed by atoms with Crippen LogP contribution in [0, 0.1) is 0 Å². The SMILES string of the molecule is CCCC[N+]1(C)N=C(c2ccccc2)C(C(=O)OCC)=C1c1ccc(-c2ccccc2-c2nnn(C(c3ccccc3)(c3ccccc3)c3ccccc3)n2)cc1. The van der Waals surface area contributed by atoms with Crippen molar-refractivity contribution >= 4 is 17.4 Å². The van der Waals surface area contributed by atoms with E-state index in [-0.39, 0.29) is 17.2 Å². The van der Waals surface area contributed by atoms with Crippen molar-refractivity contribution in [1.82, 2.24) is 20.2 Å². The van der Waals surface area contributed by atoms with E-state index in [1.807, 2.05) is 110 Å². The summed E-state index contributed by atoms with van der Waals surface area (Å²) in [7, 11) is 2.08. The molecule has 8 nitrogen and oxygen atoms in total. The van der Waals surface area contributed by atoms with Gasteiger partial charge in [-0.15, -0.1) is 15.0 Å². The Kier molecular flexibility index (Phi) is 10.5. The van der Waals surface area contributed by atoms with Gasteiger partial charge in [0.15, 0.2) is 16.8 Å². The lowest BCUT2D eigenvalue weighted by atomic mass is 9.77. The second-order valence-corrected chi connectivity index (χ2v) is 14.3. The number of rotatable bonds is 13. The van der Waals surface area contributed by atoms with Crippen molar-refractivity contribution in [2.75, 3.05) is 20.2 Å². The molecule has 282 valence electrons. The highest BCUT2D eigenvalue weighted by molar-refractivity contribution is 6.31. The summed E-state index contributed by atoms with van der Waals surface area (Å²) in [6.45, 7) is 5.02. The Labute approximate surface area is 334 Å². The van der Waals surface area contributed by atoms with Crippen LogP contribution in [0.1, 0.15) is 54.5 Å². The third kappa shape index (κ3) is 6.89. The van der Waals surface area contributed by atoms with Crippen LogP contribution in [-0.2, 0) is 15.1 Å². The van der Waals surface area contributed by atoms with E-state index in [0.717, 1.165) is 69.6 Å². The van der Waals surface area contributed by atoms with Gasteiger partial charge in [-0.3, -0.25) is 0 Å². The molecular formula is C49H45N6O2+. The highest BCUT2D eigenvalue weighted by Gasteiger charge is 2.45. The van der Waals surface area contributed by atoms with E-state index >= 15 is 0 Å². The van der Waals surface area contributed by atoms with Gasteiger partial charge in [0.05, 0.1) is 13.7 Å². The molecule has 0 fully saturated rings. The Hall–Kier alpha value is -6.77. The minimum absolute atomic E-state index is 0.251. The van der Waals surface area contributed by atoms with Crippen LogP contribution in [-0.4, -0.2) is 56.7 Å². The molecule has 1 aromatic heterocycles. The number of aromatic nitrogens is 4. The number of tetrazole rings is 1. The Morgan fingerprint density at radius 2 is 1.14 bits per heavy atom. The fraction of sp³-hybridized carbons (Fsp3) is 0.163. The van der Waals surface area contributed by atoms with Crippen molar-refractivity contribution in [3.63, 3.8) is 0 Å². The Morgan fingerprint density at radius 3 is 1.68 bits per heavy atom. The standard InChI is InChI=1S/C49H45N6O2/c1-4-6-35-55(3)46(44(48(56)57-5-2)45(52-55)37-21-11-7-12-22-37)38-33-31-36(32-34-38)42-29-19-20-30-43(42)47-50-53-54(51-47)49(39-23-13-8-14-24-39,40-25-15-9-16-26-40)41-27-17-10-18-28-41/h7-34H,4-6,35H2,1-3H3/q+1. The maximum atomic E-state index is 13.8. The number of unbranched alkanes of at least 4 members (excludes halogenated alkanes) is 1. The van der Waals surface area contributed by atoms with Gasteiger partial charge in [-0.05, 0) is 58.5 Å². The molecule has 0 saturated heterocycles. The molecule has 0 radical (unpaired) electrons. The number of carbonyl (C=O) groups is 1. The Balaban J connectivity index is 1.23. The van der Waals surface area contributed by atoms with E-state index in [2.05, 4.69) is 80.7 Å². The van der Waals surface area contributed by atoms with Crippen molar-refractivity contribution in [2.24, 2.45) is 5.10 Å². The van der Waals surface area contributed by atoms with E-state index in [1.165, 1.54) is 0 Å². The molecule has 0 spiro atoms. The van der Waals surface area contributed by atoms with Crippen molar-refractivity contribution in [3.8, 4) is 22.5 Å². The first-order valence-corrected chi connectivity index (χ1v) is 19.6. The first-order valence-electron chi connectivity index (χ1n) is 19.6. The second kappa shape index (κ2) is 16.1. The van der Waals surface area contributed by atoms with Crippen LogP contribution >= 0.6 is 0 Å². The van der Waals surface area contributed by atoms with Crippen LogP contribution in [0.5, 0.6) is 0 Å². The predicted octanol–water partition coefficient (Wildman–Crippen LogP) is 9.79. The van der Waals surface area contributed by atoms with Crippen LogP contribution in [0.2, 0.25) is 0 Å². The van der Waals surface area contributed by atoms with Crippen LogP contribution < -0.4 is 0 Å². The molecule has 8 heteroatoms. The first-order chi connectivity index (χ1) is 28.0. The van der Waals surface area contributed by atoms with Crippen LogP contribution in [0.4, 0.5) is 0 Å². The lowest BCUT2D eigenvalue weighted by Crippen LogP contribution is -2.39. The maximum Gasteiger partial charge on any atom is 0.346 e. The number of ether oxygens (including phenoxy) is 1. The van der Waals surface area contributed by atoms with Gasteiger partial charge in [0, 0.05) is 16.7 Å². The monoisotopic (exact) mass is 749 g/mol. The molecule has 0 saturated carbocycles. The third-order valence-corrected chi connectivity index (χ3v) is 10.7. The fourth-order valence-corrected chi connectivity index (χ4v) is 8.00. The molecule has 1 aliphatic heterocycles. The summed E-state index contributed by atoms with van der Waals surface area (Å²) in [4.78, 5) is 15.6. The summed E-state index contributed by atoms with van der Waals surface area (Å²) in [5, 5.41) is 20.0. The van der Waals surface area contributed by atoms with Crippen molar-refractivity contribution in [3.05, 3.63) is 203 Å². The number of hydrogen-bond donors (Lipinski definition) is 0. The van der Waals surface area contributed by atoms with Gasteiger partial charge in [0.1, 0.15) is 12.3 Å². The zero-order chi connectivity index (χ0) is 39.2. The molecule has 7 aromatic rings. The molecule has 2 heterocycles.